The third kappa shape index (κ3) is 6.20. The minimum absolute atomic E-state index is 0.632. The van der Waals surface area contributed by atoms with Gasteiger partial charge < -0.3 is 15.4 Å². The van der Waals surface area contributed by atoms with E-state index in [0.29, 0.717) is 19.3 Å². The summed E-state index contributed by atoms with van der Waals surface area (Å²) in [5.74, 6) is 0.858. The van der Waals surface area contributed by atoms with Crippen molar-refractivity contribution in [3.8, 4) is 0 Å². The number of hydrogen-bond donors (Lipinski definition) is 2. The summed E-state index contributed by atoms with van der Waals surface area (Å²) in [6, 6.07) is 10.9. The monoisotopic (exact) mass is 318 g/mol. The van der Waals surface area contributed by atoms with E-state index < -0.39 is 0 Å². The van der Waals surface area contributed by atoms with Crippen molar-refractivity contribution in [2.75, 3.05) is 39.8 Å². The van der Waals surface area contributed by atoms with Crippen LogP contribution in [0.4, 0.5) is 0 Å². The molecule has 1 aromatic rings. The van der Waals surface area contributed by atoms with Crippen LogP contribution in [0.2, 0.25) is 0 Å². The molecule has 0 amide bonds. The van der Waals surface area contributed by atoms with Gasteiger partial charge in [0, 0.05) is 26.2 Å². The minimum Gasteiger partial charge on any atom is -0.375 e. The summed E-state index contributed by atoms with van der Waals surface area (Å²) in [5.41, 5.74) is 1.20. The quantitative estimate of drug-likeness (QED) is 0.436. The molecule has 1 fully saturated rings. The number of aliphatic imine (C=N–C) groups is 1. The summed E-state index contributed by atoms with van der Waals surface area (Å²) in [6.07, 6.45) is 2.58. The van der Waals surface area contributed by atoms with E-state index in [1.807, 2.05) is 25.2 Å². The normalized spacial score (nSPS) is 19.0. The van der Waals surface area contributed by atoms with Crippen LogP contribution in [0.3, 0.4) is 0 Å². The maximum absolute atomic E-state index is 5.67. The number of likely N-dealkylation sites (N-methyl/N-ethyl adjacent to an activating group) is 1. The van der Waals surface area contributed by atoms with E-state index in [4.69, 9.17) is 4.74 Å². The molecule has 0 spiro atoms. The number of guanidine groups is 1. The molecule has 0 aromatic heterocycles. The average molecular weight is 318 g/mol. The van der Waals surface area contributed by atoms with Gasteiger partial charge in [0.25, 0.3) is 0 Å². The zero-order valence-corrected chi connectivity index (χ0v) is 14.4. The molecule has 1 unspecified atom stereocenters. The van der Waals surface area contributed by atoms with Gasteiger partial charge in [-0.3, -0.25) is 9.89 Å². The summed E-state index contributed by atoms with van der Waals surface area (Å²) in [7, 11) is 1.81. The highest BCUT2D eigenvalue weighted by atomic mass is 16.5. The molecule has 1 aliphatic rings. The molecule has 1 saturated heterocycles. The molecular formula is C18H30N4O. The van der Waals surface area contributed by atoms with E-state index in [9.17, 15) is 0 Å². The van der Waals surface area contributed by atoms with E-state index in [1.165, 1.54) is 24.9 Å². The second-order valence-corrected chi connectivity index (χ2v) is 5.84. The lowest BCUT2D eigenvalue weighted by atomic mass is 10.2. The number of benzene rings is 1. The van der Waals surface area contributed by atoms with Crippen molar-refractivity contribution < 1.29 is 4.74 Å². The van der Waals surface area contributed by atoms with E-state index in [2.05, 4.69) is 39.6 Å². The lowest BCUT2D eigenvalue weighted by molar-refractivity contribution is 0.125. The third-order valence-electron chi connectivity index (χ3n) is 4.28. The summed E-state index contributed by atoms with van der Waals surface area (Å²) < 4.78 is 5.67. The summed E-state index contributed by atoms with van der Waals surface area (Å²) in [4.78, 5) is 6.81. The number of nitrogens with one attached hydrogen (secondary N) is 2. The van der Waals surface area contributed by atoms with E-state index in [1.54, 1.807) is 0 Å². The zero-order valence-electron chi connectivity index (χ0n) is 14.4. The number of likely N-dealkylation sites (tertiary alicyclic amines) is 1. The molecule has 0 radical (unpaired) electrons. The van der Waals surface area contributed by atoms with Crippen LogP contribution in [0.25, 0.3) is 0 Å². The fourth-order valence-corrected chi connectivity index (χ4v) is 2.98. The highest BCUT2D eigenvalue weighted by Gasteiger charge is 2.22. The van der Waals surface area contributed by atoms with E-state index in [-0.39, 0.29) is 0 Å². The van der Waals surface area contributed by atoms with Crippen LogP contribution >= 0.6 is 0 Å². The van der Waals surface area contributed by atoms with Gasteiger partial charge in [-0.2, -0.15) is 0 Å². The Morgan fingerprint density at radius 2 is 2.13 bits per heavy atom. The van der Waals surface area contributed by atoms with Crippen molar-refractivity contribution in [1.29, 1.82) is 0 Å². The fraction of sp³-hybridized carbons (Fsp3) is 0.611. The molecule has 5 nitrogen and oxygen atoms in total. The molecule has 0 bridgehead atoms. The standard InChI is InChI=1S/C18H30N4O/c1-3-22-12-7-10-17(22)14-21-18(19-2)20-11-13-23-15-16-8-5-4-6-9-16/h4-6,8-9,17H,3,7,10-15H2,1-2H3,(H2,19,20,21). The van der Waals surface area contributed by atoms with Gasteiger partial charge in [0.05, 0.1) is 13.2 Å². The van der Waals surface area contributed by atoms with Gasteiger partial charge in [-0.1, -0.05) is 37.3 Å². The highest BCUT2D eigenvalue weighted by molar-refractivity contribution is 5.79. The summed E-state index contributed by atoms with van der Waals surface area (Å²) >= 11 is 0. The van der Waals surface area contributed by atoms with E-state index in [0.717, 1.165) is 25.6 Å². The van der Waals surface area contributed by atoms with Gasteiger partial charge in [0.2, 0.25) is 0 Å². The SMILES string of the molecule is CCN1CCCC1CNC(=NC)NCCOCc1ccccc1. The predicted octanol–water partition coefficient (Wildman–Crippen LogP) is 1.85. The van der Waals surface area contributed by atoms with Gasteiger partial charge in [0.1, 0.15) is 0 Å². The lowest BCUT2D eigenvalue weighted by Crippen LogP contribution is -2.45. The van der Waals surface area contributed by atoms with Crippen LogP contribution in [0.1, 0.15) is 25.3 Å². The van der Waals surface area contributed by atoms with Gasteiger partial charge in [0.15, 0.2) is 5.96 Å². The molecule has 128 valence electrons. The van der Waals surface area contributed by atoms with E-state index >= 15 is 0 Å². The lowest BCUT2D eigenvalue weighted by Gasteiger charge is -2.23. The van der Waals surface area contributed by atoms with Gasteiger partial charge in [-0.15, -0.1) is 0 Å². The number of hydrogen-bond acceptors (Lipinski definition) is 3. The Bertz CT molecular complexity index is 463. The molecule has 1 heterocycles. The average Bonchev–Trinajstić information content (AvgIpc) is 3.06. The molecular weight excluding hydrogens is 288 g/mol. The van der Waals surface area contributed by atoms with Crippen LogP contribution in [-0.4, -0.2) is 56.7 Å². The van der Waals surface area contributed by atoms with Crippen molar-refractivity contribution in [3.05, 3.63) is 35.9 Å². The Kier molecular flexibility index (Phi) is 7.90. The largest absolute Gasteiger partial charge is 0.375 e. The maximum atomic E-state index is 5.67. The molecule has 2 rings (SSSR count). The Balaban J connectivity index is 1.58. The van der Waals surface area contributed by atoms with Gasteiger partial charge in [-0.25, -0.2) is 0 Å². The van der Waals surface area contributed by atoms with Crippen molar-refractivity contribution in [2.45, 2.75) is 32.4 Å². The zero-order chi connectivity index (χ0) is 16.3. The number of ether oxygens (including phenoxy) is 1. The Morgan fingerprint density at radius 3 is 2.87 bits per heavy atom. The molecule has 23 heavy (non-hydrogen) atoms. The first kappa shape index (κ1) is 17.8. The molecule has 1 aromatic carbocycles. The maximum Gasteiger partial charge on any atom is 0.191 e. The molecule has 2 N–H and O–H groups in total. The Labute approximate surface area is 140 Å². The second kappa shape index (κ2) is 10.2. The van der Waals surface area contributed by atoms with Gasteiger partial charge in [-0.05, 0) is 31.5 Å². The highest BCUT2D eigenvalue weighted by Crippen LogP contribution is 2.15. The van der Waals surface area contributed by atoms with Crippen LogP contribution in [0, 0.1) is 0 Å². The van der Waals surface area contributed by atoms with Crippen LogP contribution in [-0.2, 0) is 11.3 Å². The predicted molar refractivity (Wildman–Crippen MR) is 95.7 cm³/mol. The summed E-state index contributed by atoms with van der Waals surface area (Å²) in [5, 5.41) is 6.73. The topological polar surface area (TPSA) is 48.9 Å². The first-order valence-corrected chi connectivity index (χ1v) is 8.63. The van der Waals surface area contributed by atoms with Crippen LogP contribution in [0.15, 0.2) is 35.3 Å². The Hall–Kier alpha value is -1.59. The van der Waals surface area contributed by atoms with Crippen LogP contribution < -0.4 is 10.6 Å². The fourth-order valence-electron chi connectivity index (χ4n) is 2.98. The first-order chi connectivity index (χ1) is 11.3. The van der Waals surface area contributed by atoms with Crippen molar-refractivity contribution in [3.63, 3.8) is 0 Å². The van der Waals surface area contributed by atoms with Crippen LogP contribution in [0.5, 0.6) is 0 Å². The minimum atomic E-state index is 0.632. The smallest absolute Gasteiger partial charge is 0.191 e. The first-order valence-electron chi connectivity index (χ1n) is 8.63. The van der Waals surface area contributed by atoms with Crippen molar-refractivity contribution in [1.82, 2.24) is 15.5 Å². The molecule has 5 heteroatoms. The molecule has 1 atom stereocenters. The molecule has 0 aliphatic carbocycles. The Morgan fingerprint density at radius 1 is 1.30 bits per heavy atom. The number of nitrogens with zero attached hydrogens (tertiary/aromatic N) is 2. The number of rotatable bonds is 8. The molecule has 0 saturated carbocycles. The summed E-state index contributed by atoms with van der Waals surface area (Å²) in [6.45, 7) is 7.62. The van der Waals surface area contributed by atoms with Gasteiger partial charge >= 0.3 is 0 Å². The van der Waals surface area contributed by atoms with Crippen molar-refractivity contribution in [2.24, 2.45) is 4.99 Å². The third-order valence-corrected chi connectivity index (χ3v) is 4.28. The van der Waals surface area contributed by atoms with Crippen molar-refractivity contribution >= 4 is 5.96 Å². The second-order valence-electron chi connectivity index (χ2n) is 5.84. The molecule has 1 aliphatic heterocycles.